The quantitative estimate of drug-likeness (QED) is 0.363. The number of hydrogen-bond acceptors (Lipinski definition) is 4. The summed E-state index contributed by atoms with van der Waals surface area (Å²) in [5.41, 5.74) is 8.22. The van der Waals surface area contributed by atoms with E-state index in [-0.39, 0.29) is 42.4 Å². The average Bonchev–Trinajstić information content (AvgIpc) is 2.71. The molecule has 0 radical (unpaired) electrons. The first kappa shape index (κ1) is 12.5. The molecule has 1 aromatic rings. The van der Waals surface area contributed by atoms with E-state index in [0.29, 0.717) is 0 Å². The van der Waals surface area contributed by atoms with E-state index in [1.54, 1.807) is 0 Å². The van der Waals surface area contributed by atoms with Crippen LogP contribution in [-0.2, 0) is 4.79 Å². The molecule has 0 bridgehead atoms. The molecule has 1 amide bonds. The van der Waals surface area contributed by atoms with Crippen LogP contribution in [0.3, 0.4) is 0 Å². The van der Waals surface area contributed by atoms with Crippen LogP contribution in [0.1, 0.15) is 6.42 Å². The van der Waals surface area contributed by atoms with Gasteiger partial charge in [0.1, 0.15) is 0 Å². The number of amides is 1. The van der Waals surface area contributed by atoms with Gasteiger partial charge in [-0.05, 0) is 23.0 Å². The van der Waals surface area contributed by atoms with Gasteiger partial charge < -0.3 is 0 Å². The molecule has 9 heteroatoms. The molecule has 0 N–H and O–H groups in total. The number of aromatic nitrogens is 2. The Bertz CT molecular complexity index is 532. The highest BCUT2D eigenvalue weighted by Gasteiger charge is 2.32. The van der Waals surface area contributed by atoms with E-state index in [4.69, 9.17) is 17.1 Å². The molecular formula is C9H8ClFN6O. The van der Waals surface area contributed by atoms with Crippen LogP contribution in [0, 0.1) is 11.7 Å². The van der Waals surface area contributed by atoms with Crippen LogP contribution in [0.4, 0.5) is 10.2 Å². The van der Waals surface area contributed by atoms with Crippen molar-refractivity contribution >= 4 is 23.3 Å². The van der Waals surface area contributed by atoms with Crippen LogP contribution in [0.5, 0.6) is 0 Å². The van der Waals surface area contributed by atoms with E-state index in [2.05, 4.69) is 20.0 Å². The Balaban J connectivity index is 2.21. The zero-order valence-electron chi connectivity index (χ0n) is 9.12. The summed E-state index contributed by atoms with van der Waals surface area (Å²) in [6, 6.07) is 0. The third-order valence-electron chi connectivity index (χ3n) is 2.56. The van der Waals surface area contributed by atoms with Gasteiger partial charge in [-0.2, -0.15) is 4.98 Å². The summed E-state index contributed by atoms with van der Waals surface area (Å²) in [7, 11) is 0. The molecule has 2 heterocycles. The molecule has 18 heavy (non-hydrogen) atoms. The van der Waals surface area contributed by atoms with E-state index >= 15 is 0 Å². The second-order valence-corrected chi connectivity index (χ2v) is 4.14. The molecule has 0 aromatic carbocycles. The lowest BCUT2D eigenvalue weighted by molar-refractivity contribution is -0.117. The summed E-state index contributed by atoms with van der Waals surface area (Å²) in [5.74, 6) is -1.26. The van der Waals surface area contributed by atoms with Crippen molar-refractivity contribution in [2.45, 2.75) is 6.42 Å². The number of azide groups is 1. The normalized spacial score (nSPS) is 18.9. The van der Waals surface area contributed by atoms with Gasteiger partial charge in [-0.15, -0.1) is 0 Å². The molecule has 1 aliphatic rings. The average molecular weight is 271 g/mol. The number of halogens is 2. The largest absolute Gasteiger partial charge is 0.294 e. The van der Waals surface area contributed by atoms with Crippen LogP contribution in [0.15, 0.2) is 11.3 Å². The van der Waals surface area contributed by atoms with E-state index < -0.39 is 5.82 Å². The molecule has 7 nitrogen and oxygen atoms in total. The van der Waals surface area contributed by atoms with Crippen molar-refractivity contribution in [2.24, 2.45) is 11.0 Å². The van der Waals surface area contributed by atoms with E-state index in [0.717, 1.165) is 6.20 Å². The fraction of sp³-hybridized carbons (Fsp3) is 0.444. The number of rotatable bonds is 3. The number of carbonyl (C=O) groups is 1. The monoisotopic (exact) mass is 270 g/mol. The summed E-state index contributed by atoms with van der Waals surface area (Å²) in [4.78, 5) is 22.7. The molecule has 94 valence electrons. The van der Waals surface area contributed by atoms with E-state index in [1.165, 1.54) is 4.90 Å². The molecule has 0 spiro atoms. The van der Waals surface area contributed by atoms with Crippen molar-refractivity contribution in [3.05, 3.63) is 27.7 Å². The van der Waals surface area contributed by atoms with Crippen molar-refractivity contribution in [1.29, 1.82) is 0 Å². The molecule has 1 atom stereocenters. The van der Waals surface area contributed by atoms with Gasteiger partial charge in [0, 0.05) is 24.4 Å². The maximum atomic E-state index is 13.5. The Morgan fingerprint density at radius 1 is 1.72 bits per heavy atom. The number of hydrogen-bond donors (Lipinski definition) is 0. The molecular weight excluding hydrogens is 263 g/mol. The van der Waals surface area contributed by atoms with Crippen molar-refractivity contribution in [1.82, 2.24) is 9.97 Å². The Labute approximate surface area is 106 Å². The minimum absolute atomic E-state index is 0.127. The third kappa shape index (κ3) is 2.49. The lowest BCUT2D eigenvalue weighted by atomic mass is 10.1. The molecule has 1 saturated heterocycles. The first-order chi connectivity index (χ1) is 8.61. The van der Waals surface area contributed by atoms with Gasteiger partial charge >= 0.3 is 0 Å². The van der Waals surface area contributed by atoms with Crippen LogP contribution in [-0.4, -0.2) is 29.0 Å². The predicted octanol–water partition coefficient (Wildman–Crippen LogP) is 1.93. The van der Waals surface area contributed by atoms with Gasteiger partial charge in [0.25, 0.3) is 0 Å². The number of nitrogens with zero attached hydrogens (tertiary/aromatic N) is 6. The Hall–Kier alpha value is -1.92. The maximum Gasteiger partial charge on any atom is 0.228 e. The van der Waals surface area contributed by atoms with Gasteiger partial charge in [0.05, 0.1) is 6.20 Å². The lowest BCUT2D eigenvalue weighted by Crippen LogP contribution is -2.27. The molecule has 1 fully saturated rings. The van der Waals surface area contributed by atoms with Crippen LogP contribution in [0.2, 0.25) is 5.28 Å². The Morgan fingerprint density at radius 3 is 3.22 bits per heavy atom. The minimum atomic E-state index is -0.711. The topological polar surface area (TPSA) is 94.9 Å². The van der Waals surface area contributed by atoms with E-state index in [9.17, 15) is 9.18 Å². The summed E-state index contributed by atoms with van der Waals surface area (Å²) in [6.07, 6.45) is 1.11. The first-order valence-electron chi connectivity index (χ1n) is 5.11. The van der Waals surface area contributed by atoms with Crippen molar-refractivity contribution in [3.8, 4) is 0 Å². The predicted molar refractivity (Wildman–Crippen MR) is 61.5 cm³/mol. The molecule has 2 rings (SSSR count). The number of carbonyl (C=O) groups excluding carboxylic acids is 1. The molecule has 1 aliphatic heterocycles. The molecule has 1 unspecified atom stereocenters. The Morgan fingerprint density at radius 2 is 2.50 bits per heavy atom. The zero-order valence-corrected chi connectivity index (χ0v) is 9.88. The van der Waals surface area contributed by atoms with Crippen molar-refractivity contribution in [2.75, 3.05) is 18.0 Å². The van der Waals surface area contributed by atoms with E-state index in [1.807, 2.05) is 0 Å². The third-order valence-corrected chi connectivity index (χ3v) is 2.74. The highest BCUT2D eigenvalue weighted by Crippen LogP contribution is 2.26. The first-order valence-corrected chi connectivity index (χ1v) is 5.49. The Kier molecular flexibility index (Phi) is 3.59. The second-order valence-electron chi connectivity index (χ2n) is 3.80. The van der Waals surface area contributed by atoms with Crippen LogP contribution >= 0.6 is 11.6 Å². The second kappa shape index (κ2) is 5.16. The standard InChI is InChI=1S/C9H8ClFN6O/c10-9-13-3-6(11)8(15-9)17-4-5(1-7(17)18)2-14-16-12/h3,5H,1-2,4H2. The fourth-order valence-electron chi connectivity index (χ4n) is 1.79. The minimum Gasteiger partial charge on any atom is -0.294 e. The highest BCUT2D eigenvalue weighted by molar-refractivity contribution is 6.28. The van der Waals surface area contributed by atoms with Crippen molar-refractivity contribution in [3.63, 3.8) is 0 Å². The van der Waals surface area contributed by atoms with Gasteiger partial charge in [-0.25, -0.2) is 9.37 Å². The molecule has 1 aromatic heterocycles. The van der Waals surface area contributed by atoms with Crippen LogP contribution < -0.4 is 4.90 Å². The summed E-state index contributed by atoms with van der Waals surface area (Å²) in [5, 5.41) is 3.28. The maximum absolute atomic E-state index is 13.5. The molecule has 0 aliphatic carbocycles. The molecule has 0 saturated carbocycles. The fourth-order valence-corrected chi connectivity index (χ4v) is 1.92. The summed E-state index contributed by atoms with van der Waals surface area (Å²) >= 11 is 5.57. The van der Waals surface area contributed by atoms with Crippen molar-refractivity contribution < 1.29 is 9.18 Å². The summed E-state index contributed by atoms with van der Waals surface area (Å²) in [6.45, 7) is 0.446. The summed E-state index contributed by atoms with van der Waals surface area (Å²) < 4.78 is 13.5. The van der Waals surface area contributed by atoms with Gasteiger partial charge in [-0.1, -0.05) is 5.11 Å². The lowest BCUT2D eigenvalue weighted by Gasteiger charge is -2.15. The SMILES string of the molecule is [N-]=[N+]=NCC1CC(=O)N(c2nc(Cl)ncc2F)C1. The van der Waals surface area contributed by atoms with Gasteiger partial charge in [-0.3, -0.25) is 9.69 Å². The zero-order chi connectivity index (χ0) is 13.1. The highest BCUT2D eigenvalue weighted by atomic mass is 35.5. The van der Waals surface area contributed by atoms with Gasteiger partial charge in [0.2, 0.25) is 11.2 Å². The smallest absolute Gasteiger partial charge is 0.228 e. The van der Waals surface area contributed by atoms with Crippen LogP contribution in [0.25, 0.3) is 10.4 Å². The van der Waals surface area contributed by atoms with Gasteiger partial charge in [0.15, 0.2) is 11.6 Å². The number of anilines is 1.